The second-order valence-corrected chi connectivity index (χ2v) is 10.9. The zero-order valence-electron chi connectivity index (χ0n) is 20.4. The van der Waals surface area contributed by atoms with Gasteiger partial charge in [0.15, 0.2) is 0 Å². The Kier molecular flexibility index (Phi) is 8.25. The molecule has 0 aliphatic carbocycles. The quantitative estimate of drug-likeness (QED) is 0.647. The lowest BCUT2D eigenvalue weighted by molar-refractivity contribution is -0.129. The zero-order valence-corrected chi connectivity index (χ0v) is 21.2. The van der Waals surface area contributed by atoms with Crippen molar-refractivity contribution in [1.82, 2.24) is 19.5 Å². The smallest absolute Gasteiger partial charge is 0.246 e. The molecule has 35 heavy (non-hydrogen) atoms. The lowest BCUT2D eigenvalue weighted by atomic mass is 9.89. The molecule has 2 fully saturated rings. The number of piperidine rings is 1. The first-order chi connectivity index (χ1) is 16.9. The SMILES string of the molecule is COc1ccc(OC)c(S(=O)(=O)N2CC[C@H]3C(=O)NCCCCCN(Cc4cccnc4)[C@@H]3C2)c1. The summed E-state index contributed by atoms with van der Waals surface area (Å²) < 4.78 is 39.7. The van der Waals surface area contributed by atoms with Crippen LogP contribution in [0.3, 0.4) is 0 Å². The molecule has 9 nitrogen and oxygen atoms in total. The highest BCUT2D eigenvalue weighted by Crippen LogP contribution is 2.34. The van der Waals surface area contributed by atoms with Crippen LogP contribution in [0, 0.1) is 5.92 Å². The number of carbonyl (C=O) groups is 1. The number of hydrogen-bond donors (Lipinski definition) is 1. The number of fused-ring (bicyclic) bond motifs is 1. The summed E-state index contributed by atoms with van der Waals surface area (Å²) in [5, 5.41) is 3.07. The minimum Gasteiger partial charge on any atom is -0.497 e. The molecule has 2 aliphatic rings. The zero-order chi connectivity index (χ0) is 24.8. The van der Waals surface area contributed by atoms with Crippen LogP contribution in [0.25, 0.3) is 0 Å². The van der Waals surface area contributed by atoms with Crippen molar-refractivity contribution in [2.24, 2.45) is 5.92 Å². The number of pyridine rings is 1. The maximum Gasteiger partial charge on any atom is 0.246 e. The molecule has 4 rings (SSSR count). The third kappa shape index (κ3) is 5.76. The van der Waals surface area contributed by atoms with E-state index in [9.17, 15) is 13.2 Å². The number of rotatable bonds is 6. The molecule has 1 N–H and O–H groups in total. The van der Waals surface area contributed by atoms with E-state index in [2.05, 4.69) is 15.2 Å². The Morgan fingerprint density at radius 1 is 1.11 bits per heavy atom. The number of ether oxygens (including phenoxy) is 2. The van der Waals surface area contributed by atoms with Crippen molar-refractivity contribution in [3.05, 3.63) is 48.3 Å². The van der Waals surface area contributed by atoms with Gasteiger partial charge in [-0.05, 0) is 49.6 Å². The van der Waals surface area contributed by atoms with Crippen molar-refractivity contribution >= 4 is 15.9 Å². The largest absolute Gasteiger partial charge is 0.497 e. The minimum absolute atomic E-state index is 0.00379. The summed E-state index contributed by atoms with van der Waals surface area (Å²) in [6, 6.07) is 8.42. The lowest BCUT2D eigenvalue weighted by Gasteiger charge is -2.43. The summed E-state index contributed by atoms with van der Waals surface area (Å²) in [5.41, 5.74) is 1.04. The predicted molar refractivity (Wildman–Crippen MR) is 132 cm³/mol. The van der Waals surface area contributed by atoms with Gasteiger partial charge in [0.2, 0.25) is 15.9 Å². The normalized spacial score (nSPS) is 22.6. The van der Waals surface area contributed by atoms with E-state index in [0.717, 1.165) is 31.4 Å². The van der Waals surface area contributed by atoms with Gasteiger partial charge in [0, 0.05) is 50.7 Å². The number of hydrogen-bond acceptors (Lipinski definition) is 7. The second-order valence-electron chi connectivity index (χ2n) is 9.03. The summed E-state index contributed by atoms with van der Waals surface area (Å²) in [6.45, 7) is 2.55. The molecule has 1 aromatic carbocycles. The van der Waals surface area contributed by atoms with Gasteiger partial charge in [-0.15, -0.1) is 0 Å². The molecule has 2 aliphatic heterocycles. The maximum absolute atomic E-state index is 13.8. The second kappa shape index (κ2) is 11.4. The average molecular weight is 503 g/mol. The first kappa shape index (κ1) is 25.4. The maximum atomic E-state index is 13.8. The molecule has 0 unspecified atom stereocenters. The average Bonchev–Trinajstić information content (AvgIpc) is 2.89. The number of nitrogens with one attached hydrogen (secondary N) is 1. The van der Waals surface area contributed by atoms with Crippen LogP contribution in [0.1, 0.15) is 31.2 Å². The van der Waals surface area contributed by atoms with Crippen LogP contribution in [0.4, 0.5) is 0 Å². The van der Waals surface area contributed by atoms with Gasteiger partial charge in [-0.3, -0.25) is 14.7 Å². The van der Waals surface area contributed by atoms with Gasteiger partial charge in [-0.1, -0.05) is 12.5 Å². The van der Waals surface area contributed by atoms with Crippen LogP contribution in [-0.4, -0.2) is 75.0 Å². The monoisotopic (exact) mass is 502 g/mol. The molecule has 0 radical (unpaired) electrons. The van der Waals surface area contributed by atoms with Gasteiger partial charge in [-0.25, -0.2) is 8.42 Å². The third-order valence-corrected chi connectivity index (χ3v) is 8.76. The van der Waals surface area contributed by atoms with Crippen molar-refractivity contribution in [2.45, 2.75) is 43.2 Å². The van der Waals surface area contributed by atoms with Crippen molar-refractivity contribution in [3.8, 4) is 11.5 Å². The van der Waals surface area contributed by atoms with Crippen LogP contribution >= 0.6 is 0 Å². The van der Waals surface area contributed by atoms with Crippen molar-refractivity contribution in [2.75, 3.05) is 40.4 Å². The molecule has 0 spiro atoms. The Hall–Kier alpha value is -2.69. The molecule has 10 heteroatoms. The topological polar surface area (TPSA) is 101 Å². The molecule has 3 heterocycles. The van der Waals surface area contributed by atoms with Crippen molar-refractivity contribution in [3.63, 3.8) is 0 Å². The van der Waals surface area contributed by atoms with Gasteiger partial charge in [0.05, 0.1) is 20.1 Å². The van der Waals surface area contributed by atoms with Gasteiger partial charge in [-0.2, -0.15) is 4.31 Å². The number of sulfonamides is 1. The number of benzene rings is 1. The summed E-state index contributed by atoms with van der Waals surface area (Å²) in [7, 11) is -0.930. The number of carbonyl (C=O) groups excluding carboxylic acids is 1. The van der Waals surface area contributed by atoms with Gasteiger partial charge in [0.1, 0.15) is 16.4 Å². The number of nitrogens with zero attached hydrogens (tertiary/aromatic N) is 3. The van der Waals surface area contributed by atoms with E-state index in [-0.39, 0.29) is 41.6 Å². The van der Waals surface area contributed by atoms with E-state index in [0.29, 0.717) is 25.3 Å². The van der Waals surface area contributed by atoms with E-state index >= 15 is 0 Å². The summed E-state index contributed by atoms with van der Waals surface area (Å²) >= 11 is 0. The molecule has 2 saturated heterocycles. The highest BCUT2D eigenvalue weighted by atomic mass is 32.2. The Morgan fingerprint density at radius 2 is 1.97 bits per heavy atom. The van der Waals surface area contributed by atoms with E-state index < -0.39 is 10.0 Å². The predicted octanol–water partition coefficient (Wildman–Crippen LogP) is 2.28. The molecule has 2 atom stereocenters. The van der Waals surface area contributed by atoms with E-state index in [1.165, 1.54) is 24.6 Å². The lowest BCUT2D eigenvalue weighted by Crippen LogP contribution is -2.57. The van der Waals surface area contributed by atoms with Crippen LogP contribution in [0.15, 0.2) is 47.6 Å². The van der Waals surface area contributed by atoms with Crippen molar-refractivity contribution < 1.29 is 22.7 Å². The summed E-state index contributed by atoms with van der Waals surface area (Å²) in [6.07, 6.45) is 6.94. The highest BCUT2D eigenvalue weighted by molar-refractivity contribution is 7.89. The third-order valence-electron chi connectivity index (χ3n) is 6.87. The Morgan fingerprint density at radius 3 is 2.71 bits per heavy atom. The Balaban J connectivity index is 1.67. The molecular weight excluding hydrogens is 468 g/mol. The molecule has 0 saturated carbocycles. The van der Waals surface area contributed by atoms with Crippen LogP contribution in [0.2, 0.25) is 0 Å². The van der Waals surface area contributed by atoms with Crippen LogP contribution in [-0.2, 0) is 21.4 Å². The molecular formula is C25H34N4O5S. The number of methoxy groups -OCH3 is 2. The molecule has 1 amide bonds. The van der Waals surface area contributed by atoms with Gasteiger partial charge < -0.3 is 14.8 Å². The first-order valence-corrected chi connectivity index (χ1v) is 13.5. The number of amides is 1. The Labute approximate surface area is 207 Å². The number of aromatic nitrogens is 1. The van der Waals surface area contributed by atoms with E-state index in [1.807, 2.05) is 18.3 Å². The van der Waals surface area contributed by atoms with Gasteiger partial charge >= 0.3 is 0 Å². The standard InChI is InChI=1S/C25H34N4O5S/c1-33-20-8-9-23(34-2)24(15-20)35(31,32)29-14-10-21-22(18-29)28(17-19-7-6-11-26-16-19)13-5-3-4-12-27-25(21)30/h6-9,11,15-16,21-22H,3-5,10,12-14,17-18H2,1-2H3,(H,27,30)/t21-,22-/m1/s1. The van der Waals surface area contributed by atoms with Crippen molar-refractivity contribution in [1.29, 1.82) is 0 Å². The van der Waals surface area contributed by atoms with Gasteiger partial charge in [0.25, 0.3) is 0 Å². The highest BCUT2D eigenvalue weighted by Gasteiger charge is 2.42. The van der Waals surface area contributed by atoms with Crippen LogP contribution < -0.4 is 14.8 Å². The van der Waals surface area contributed by atoms with E-state index in [1.54, 1.807) is 18.3 Å². The molecule has 0 bridgehead atoms. The van der Waals surface area contributed by atoms with Crippen LogP contribution in [0.5, 0.6) is 11.5 Å². The fourth-order valence-electron chi connectivity index (χ4n) is 4.97. The molecule has 190 valence electrons. The summed E-state index contributed by atoms with van der Waals surface area (Å²) in [4.78, 5) is 19.7. The van der Waals surface area contributed by atoms with E-state index in [4.69, 9.17) is 9.47 Å². The first-order valence-electron chi connectivity index (χ1n) is 12.1. The Bertz CT molecular complexity index is 1110. The molecule has 2 aromatic rings. The molecule has 1 aromatic heterocycles. The summed E-state index contributed by atoms with van der Waals surface area (Å²) in [5.74, 6) is 0.423. The fraction of sp³-hybridized carbons (Fsp3) is 0.520. The fourth-order valence-corrected chi connectivity index (χ4v) is 6.61. The minimum atomic E-state index is -3.88.